The molecule has 0 saturated carbocycles. The van der Waals surface area contributed by atoms with E-state index >= 15 is 0 Å². The maximum absolute atomic E-state index is 13.8. The van der Waals surface area contributed by atoms with Crippen molar-refractivity contribution in [1.82, 2.24) is 0 Å². The lowest BCUT2D eigenvalue weighted by Gasteiger charge is -2.16. The number of aryl methyl sites for hydroxylation is 3. The average molecular weight is 733 g/mol. The lowest BCUT2D eigenvalue weighted by Crippen LogP contribution is -2.28. The molecule has 0 radical (unpaired) electrons. The molecule has 1 fully saturated rings. The Balaban J connectivity index is 1.53. The largest absolute Gasteiger partial charge is 0.493 e. The van der Waals surface area contributed by atoms with Crippen molar-refractivity contribution in [3.63, 3.8) is 0 Å². The molecular formula is C32H25BrCl2N2O5S2. The van der Waals surface area contributed by atoms with Crippen molar-refractivity contribution in [1.29, 1.82) is 0 Å². The van der Waals surface area contributed by atoms with Gasteiger partial charge in [-0.25, -0.2) is 4.99 Å². The number of methoxy groups -OCH3 is 1. The molecule has 0 N–H and O–H groups in total. The lowest BCUT2D eigenvalue weighted by molar-refractivity contribution is -0.113. The number of nitrogens with zero attached hydrogens (tertiary/aromatic N) is 2. The molecule has 1 amide bonds. The van der Waals surface area contributed by atoms with Gasteiger partial charge in [-0.3, -0.25) is 9.69 Å². The molecule has 7 nitrogen and oxygen atoms in total. The van der Waals surface area contributed by atoms with Crippen molar-refractivity contribution in [2.24, 2.45) is 4.99 Å². The Labute approximate surface area is 278 Å². The third-order valence-electron chi connectivity index (χ3n) is 6.65. The second-order valence-electron chi connectivity index (χ2n) is 9.90. The predicted molar refractivity (Wildman–Crippen MR) is 182 cm³/mol. The van der Waals surface area contributed by atoms with E-state index in [2.05, 4.69) is 15.9 Å². The fourth-order valence-electron chi connectivity index (χ4n) is 4.18. The van der Waals surface area contributed by atoms with Crippen LogP contribution in [0.15, 0.2) is 92.1 Å². The van der Waals surface area contributed by atoms with Gasteiger partial charge in [-0.2, -0.15) is 8.42 Å². The van der Waals surface area contributed by atoms with Gasteiger partial charge in [0.2, 0.25) is 0 Å². The fourth-order valence-corrected chi connectivity index (χ4v) is 7.13. The van der Waals surface area contributed by atoms with Crippen LogP contribution in [0.5, 0.6) is 11.5 Å². The molecule has 5 rings (SSSR count). The SMILES string of the molecule is COc1cc(/C=C2/SC(=Nc3ccc(C)c(Cl)c3)N(c3ccc(C)c(Cl)c3)C2=O)cc(Br)c1OS(=O)(=O)c1ccc(C)cc1. The molecule has 226 valence electrons. The molecule has 1 aliphatic heterocycles. The first kappa shape index (κ1) is 32.1. The maximum atomic E-state index is 13.8. The molecule has 12 heteroatoms. The van der Waals surface area contributed by atoms with E-state index in [9.17, 15) is 13.2 Å². The topological polar surface area (TPSA) is 85.3 Å². The van der Waals surface area contributed by atoms with Crippen LogP contribution < -0.4 is 13.8 Å². The number of halogens is 3. The summed E-state index contributed by atoms with van der Waals surface area (Å²) in [6.07, 6.45) is 1.67. The second kappa shape index (κ2) is 13.0. The Hall–Kier alpha value is -3.28. The number of amides is 1. The minimum absolute atomic E-state index is 0.00850. The number of hydrogen-bond donors (Lipinski definition) is 0. The van der Waals surface area contributed by atoms with Gasteiger partial charge in [0.1, 0.15) is 4.90 Å². The van der Waals surface area contributed by atoms with Gasteiger partial charge in [-0.1, -0.05) is 53.0 Å². The number of carbonyl (C=O) groups is 1. The molecular weight excluding hydrogens is 707 g/mol. The van der Waals surface area contributed by atoms with Gasteiger partial charge >= 0.3 is 10.1 Å². The Morgan fingerprint density at radius 3 is 2.20 bits per heavy atom. The van der Waals surface area contributed by atoms with Crippen molar-refractivity contribution >= 4 is 89.5 Å². The minimum atomic E-state index is -4.14. The summed E-state index contributed by atoms with van der Waals surface area (Å²) in [5, 5.41) is 1.49. The van der Waals surface area contributed by atoms with E-state index in [0.717, 1.165) is 16.7 Å². The third-order valence-corrected chi connectivity index (χ3v) is 10.3. The average Bonchev–Trinajstić information content (AvgIpc) is 3.27. The van der Waals surface area contributed by atoms with E-state index < -0.39 is 10.1 Å². The van der Waals surface area contributed by atoms with Crippen LogP contribution in [0.2, 0.25) is 10.0 Å². The highest BCUT2D eigenvalue weighted by atomic mass is 79.9. The minimum Gasteiger partial charge on any atom is -0.493 e. The van der Waals surface area contributed by atoms with E-state index in [1.54, 1.807) is 48.5 Å². The van der Waals surface area contributed by atoms with Crippen molar-refractivity contribution in [3.8, 4) is 11.5 Å². The zero-order valence-electron chi connectivity index (χ0n) is 23.9. The van der Waals surface area contributed by atoms with Crippen molar-refractivity contribution in [2.75, 3.05) is 12.0 Å². The summed E-state index contributed by atoms with van der Waals surface area (Å²) in [5.41, 5.74) is 4.40. The summed E-state index contributed by atoms with van der Waals surface area (Å²) in [6.45, 7) is 5.64. The zero-order chi connectivity index (χ0) is 31.8. The predicted octanol–water partition coefficient (Wildman–Crippen LogP) is 9.27. The number of hydrogen-bond acceptors (Lipinski definition) is 7. The van der Waals surface area contributed by atoms with Gasteiger partial charge < -0.3 is 8.92 Å². The van der Waals surface area contributed by atoms with Gasteiger partial charge in [-0.05, 0) is 120 Å². The van der Waals surface area contributed by atoms with Crippen LogP contribution in [-0.4, -0.2) is 26.6 Å². The molecule has 44 heavy (non-hydrogen) atoms. The molecule has 0 atom stereocenters. The first-order valence-electron chi connectivity index (χ1n) is 13.1. The van der Waals surface area contributed by atoms with Crippen molar-refractivity contribution < 1.29 is 22.1 Å². The Kier molecular flexibility index (Phi) is 9.48. The van der Waals surface area contributed by atoms with E-state index in [4.69, 9.17) is 37.1 Å². The highest BCUT2D eigenvalue weighted by molar-refractivity contribution is 9.10. The number of carbonyl (C=O) groups excluding carboxylic acids is 1. The first-order valence-corrected chi connectivity index (χ1v) is 16.9. The summed E-state index contributed by atoms with van der Waals surface area (Å²) in [6, 6.07) is 20.3. The monoisotopic (exact) mass is 730 g/mol. The number of aliphatic imine (C=N–C) groups is 1. The zero-order valence-corrected chi connectivity index (χ0v) is 28.6. The quantitative estimate of drug-likeness (QED) is 0.139. The molecule has 0 spiro atoms. The fraction of sp³-hybridized carbons (Fsp3) is 0.125. The molecule has 4 aromatic rings. The second-order valence-corrected chi connectivity index (χ2v) is 14.1. The summed E-state index contributed by atoms with van der Waals surface area (Å²) >= 11 is 17.4. The van der Waals surface area contributed by atoms with Crippen LogP contribution >= 0.6 is 50.9 Å². The van der Waals surface area contributed by atoms with Gasteiger partial charge in [0, 0.05) is 10.0 Å². The Bertz CT molecular complexity index is 1960. The highest BCUT2D eigenvalue weighted by Crippen LogP contribution is 2.42. The number of ether oxygens (including phenoxy) is 1. The highest BCUT2D eigenvalue weighted by Gasteiger charge is 2.35. The van der Waals surface area contributed by atoms with E-state index in [0.29, 0.717) is 41.5 Å². The summed E-state index contributed by atoms with van der Waals surface area (Å²) in [4.78, 5) is 20.5. The van der Waals surface area contributed by atoms with E-state index in [1.807, 2.05) is 39.0 Å². The van der Waals surface area contributed by atoms with E-state index in [1.165, 1.54) is 35.9 Å². The molecule has 1 saturated heterocycles. The smallest absolute Gasteiger partial charge is 0.339 e. The Morgan fingerprint density at radius 1 is 0.909 bits per heavy atom. The van der Waals surface area contributed by atoms with Crippen LogP contribution in [0.1, 0.15) is 22.3 Å². The summed E-state index contributed by atoms with van der Waals surface area (Å²) < 4.78 is 37.3. The van der Waals surface area contributed by atoms with Crippen LogP contribution in [0.25, 0.3) is 6.08 Å². The Morgan fingerprint density at radius 2 is 1.57 bits per heavy atom. The maximum Gasteiger partial charge on any atom is 0.339 e. The molecule has 1 aliphatic rings. The molecule has 0 unspecified atom stereocenters. The normalized spacial score (nSPS) is 15.3. The molecule has 1 heterocycles. The summed E-state index contributed by atoms with van der Waals surface area (Å²) in [7, 11) is -2.74. The molecule has 0 bridgehead atoms. The molecule has 0 aliphatic carbocycles. The lowest BCUT2D eigenvalue weighted by atomic mass is 10.1. The third kappa shape index (κ3) is 6.84. The van der Waals surface area contributed by atoms with E-state index in [-0.39, 0.29) is 22.3 Å². The number of benzene rings is 4. The van der Waals surface area contributed by atoms with Gasteiger partial charge in [0.15, 0.2) is 16.7 Å². The number of amidine groups is 1. The standard InChI is InChI=1S/C32H25BrCl2N2O5S2/c1-18-5-11-24(12-6-18)44(39,40)42-30-25(33)13-21(14-28(30)41-4)15-29-31(38)37(23-10-8-20(3)27(35)17-23)32(43-29)36-22-9-7-19(2)26(34)16-22/h5-17H,1-4H3/b29-15+,36-32?. The summed E-state index contributed by atoms with van der Waals surface area (Å²) in [5.74, 6) is -0.179. The molecule has 4 aromatic carbocycles. The van der Waals surface area contributed by atoms with Gasteiger partial charge in [0.05, 0.1) is 27.9 Å². The van der Waals surface area contributed by atoms with Gasteiger partial charge in [0.25, 0.3) is 5.91 Å². The van der Waals surface area contributed by atoms with Crippen LogP contribution in [0, 0.1) is 20.8 Å². The van der Waals surface area contributed by atoms with Crippen molar-refractivity contribution in [3.05, 3.63) is 114 Å². The van der Waals surface area contributed by atoms with Gasteiger partial charge in [-0.15, -0.1) is 0 Å². The number of thioether (sulfide) groups is 1. The first-order chi connectivity index (χ1) is 20.9. The number of anilines is 1. The van der Waals surface area contributed by atoms with Crippen LogP contribution in [-0.2, 0) is 14.9 Å². The number of rotatable bonds is 7. The van der Waals surface area contributed by atoms with Crippen molar-refractivity contribution in [2.45, 2.75) is 25.7 Å². The molecule has 0 aromatic heterocycles. The van der Waals surface area contributed by atoms with Crippen LogP contribution in [0.3, 0.4) is 0 Å². The van der Waals surface area contributed by atoms with Crippen LogP contribution in [0.4, 0.5) is 11.4 Å².